The first-order chi connectivity index (χ1) is 11.2. The van der Waals surface area contributed by atoms with E-state index in [0.717, 1.165) is 29.9 Å². The Labute approximate surface area is 144 Å². The number of ether oxygens (including phenoxy) is 1. The van der Waals surface area contributed by atoms with Crippen LogP contribution in [0.1, 0.15) is 12.8 Å². The predicted molar refractivity (Wildman–Crippen MR) is 93.5 cm³/mol. The normalized spacial score (nSPS) is 17.9. The number of rotatable bonds is 5. The second-order valence-corrected chi connectivity index (χ2v) is 7.21. The van der Waals surface area contributed by atoms with E-state index >= 15 is 0 Å². The zero-order valence-electron chi connectivity index (χ0n) is 12.8. The SMILES string of the molecule is CSc1ccc(-c2cc(F)cc(OCC3CCCOS3)n2)cc1. The highest BCUT2D eigenvalue weighted by Gasteiger charge is 2.16. The van der Waals surface area contributed by atoms with Gasteiger partial charge in [0.1, 0.15) is 12.4 Å². The van der Waals surface area contributed by atoms with Crippen LogP contribution in [0.15, 0.2) is 41.3 Å². The van der Waals surface area contributed by atoms with E-state index in [4.69, 9.17) is 8.92 Å². The van der Waals surface area contributed by atoms with Crippen molar-refractivity contribution in [2.24, 2.45) is 0 Å². The molecule has 23 heavy (non-hydrogen) atoms. The Morgan fingerprint density at radius 1 is 1.35 bits per heavy atom. The molecule has 0 amide bonds. The van der Waals surface area contributed by atoms with Gasteiger partial charge in [-0.1, -0.05) is 12.1 Å². The van der Waals surface area contributed by atoms with Gasteiger partial charge in [0.15, 0.2) is 0 Å². The summed E-state index contributed by atoms with van der Waals surface area (Å²) < 4.78 is 24.9. The van der Waals surface area contributed by atoms with E-state index in [1.807, 2.05) is 30.5 Å². The van der Waals surface area contributed by atoms with Gasteiger partial charge in [-0.3, -0.25) is 0 Å². The number of aromatic nitrogens is 1. The molecule has 122 valence electrons. The van der Waals surface area contributed by atoms with Crippen LogP contribution in [0.4, 0.5) is 4.39 Å². The lowest BCUT2D eigenvalue weighted by molar-refractivity contribution is 0.265. The molecule has 0 N–H and O–H groups in total. The fourth-order valence-corrected chi connectivity index (χ4v) is 3.51. The van der Waals surface area contributed by atoms with Crippen LogP contribution in [-0.2, 0) is 4.18 Å². The molecule has 1 saturated heterocycles. The number of pyridine rings is 1. The maximum atomic E-state index is 13.9. The zero-order chi connectivity index (χ0) is 16.1. The minimum Gasteiger partial charge on any atom is -0.476 e. The van der Waals surface area contributed by atoms with E-state index in [9.17, 15) is 4.39 Å². The van der Waals surface area contributed by atoms with Gasteiger partial charge in [0, 0.05) is 22.6 Å². The van der Waals surface area contributed by atoms with Gasteiger partial charge >= 0.3 is 0 Å². The Balaban J connectivity index is 1.72. The zero-order valence-corrected chi connectivity index (χ0v) is 14.5. The largest absolute Gasteiger partial charge is 0.476 e. The lowest BCUT2D eigenvalue weighted by Crippen LogP contribution is -2.19. The first kappa shape index (κ1) is 16.6. The molecule has 1 aromatic carbocycles. The Kier molecular flexibility index (Phi) is 5.80. The highest BCUT2D eigenvalue weighted by atomic mass is 32.2. The maximum Gasteiger partial charge on any atom is 0.216 e. The molecule has 1 aliphatic heterocycles. The van der Waals surface area contributed by atoms with Gasteiger partial charge in [-0.25, -0.2) is 9.37 Å². The summed E-state index contributed by atoms with van der Waals surface area (Å²) in [6.45, 7) is 1.27. The summed E-state index contributed by atoms with van der Waals surface area (Å²) in [7, 11) is 0. The van der Waals surface area contributed by atoms with Gasteiger partial charge in [0.25, 0.3) is 0 Å². The molecule has 0 spiro atoms. The average molecular weight is 351 g/mol. The first-order valence-electron chi connectivity index (χ1n) is 7.47. The molecule has 1 aliphatic rings. The van der Waals surface area contributed by atoms with Gasteiger partial charge in [-0.15, -0.1) is 11.8 Å². The van der Waals surface area contributed by atoms with Crippen molar-refractivity contribution in [3.8, 4) is 17.1 Å². The number of nitrogens with zero attached hydrogens (tertiary/aromatic N) is 1. The minimum atomic E-state index is -0.341. The molecular weight excluding hydrogens is 333 g/mol. The molecule has 0 aliphatic carbocycles. The Hall–Kier alpha value is -1.24. The van der Waals surface area contributed by atoms with Crippen molar-refractivity contribution >= 4 is 23.8 Å². The minimum absolute atomic E-state index is 0.276. The van der Waals surface area contributed by atoms with Crippen LogP contribution in [0, 0.1) is 5.82 Å². The van der Waals surface area contributed by atoms with Crippen molar-refractivity contribution in [3.05, 3.63) is 42.2 Å². The Bertz CT molecular complexity index is 646. The van der Waals surface area contributed by atoms with Crippen molar-refractivity contribution in [2.45, 2.75) is 23.0 Å². The smallest absolute Gasteiger partial charge is 0.216 e. The second-order valence-electron chi connectivity index (χ2n) is 5.23. The number of hydrogen-bond donors (Lipinski definition) is 0. The highest BCUT2D eigenvalue weighted by Crippen LogP contribution is 2.27. The molecule has 2 aromatic rings. The quantitative estimate of drug-likeness (QED) is 0.570. The molecule has 2 heterocycles. The number of hydrogen-bond acceptors (Lipinski definition) is 5. The standard InChI is InChI=1S/C17H18FNO2S2/c1-22-14-6-4-12(5-7-14)16-9-13(18)10-17(19-16)20-11-15-3-2-8-21-23-15/h4-7,9-10,15H,2-3,8,11H2,1H3. The fraction of sp³-hybridized carbons (Fsp3) is 0.353. The van der Waals surface area contributed by atoms with Gasteiger partial charge < -0.3 is 8.92 Å². The third kappa shape index (κ3) is 4.62. The van der Waals surface area contributed by atoms with Crippen LogP contribution in [0.2, 0.25) is 0 Å². The summed E-state index contributed by atoms with van der Waals surface area (Å²) in [6.07, 6.45) is 4.10. The molecule has 1 unspecified atom stereocenters. The number of thioether (sulfide) groups is 1. The van der Waals surface area contributed by atoms with Crippen LogP contribution in [-0.4, -0.2) is 29.7 Å². The molecule has 1 atom stereocenters. The molecule has 0 bridgehead atoms. The topological polar surface area (TPSA) is 31.4 Å². The average Bonchev–Trinajstić information content (AvgIpc) is 2.60. The van der Waals surface area contributed by atoms with Crippen molar-refractivity contribution in [2.75, 3.05) is 19.5 Å². The number of halogens is 1. The molecule has 6 heteroatoms. The lowest BCUT2D eigenvalue weighted by atomic mass is 10.1. The van der Waals surface area contributed by atoms with Crippen molar-refractivity contribution in [3.63, 3.8) is 0 Å². The van der Waals surface area contributed by atoms with Crippen LogP contribution in [0.3, 0.4) is 0 Å². The van der Waals surface area contributed by atoms with E-state index < -0.39 is 0 Å². The maximum absolute atomic E-state index is 13.9. The van der Waals surface area contributed by atoms with E-state index in [2.05, 4.69) is 4.98 Å². The van der Waals surface area contributed by atoms with Gasteiger partial charge in [-0.2, -0.15) is 0 Å². The van der Waals surface area contributed by atoms with Crippen molar-refractivity contribution in [1.29, 1.82) is 0 Å². The summed E-state index contributed by atoms with van der Waals surface area (Å²) in [6, 6.07) is 10.7. The highest BCUT2D eigenvalue weighted by molar-refractivity contribution is 7.98. The van der Waals surface area contributed by atoms with Crippen LogP contribution < -0.4 is 4.74 Å². The van der Waals surface area contributed by atoms with E-state index in [0.29, 0.717) is 18.2 Å². The number of benzene rings is 1. The van der Waals surface area contributed by atoms with E-state index in [1.54, 1.807) is 11.8 Å². The summed E-state index contributed by atoms with van der Waals surface area (Å²) in [4.78, 5) is 5.59. The monoisotopic (exact) mass is 351 g/mol. The summed E-state index contributed by atoms with van der Waals surface area (Å²) in [5, 5.41) is 0.276. The predicted octanol–water partition coefficient (Wildman–Crippen LogP) is 4.82. The third-order valence-electron chi connectivity index (χ3n) is 3.53. The van der Waals surface area contributed by atoms with Crippen molar-refractivity contribution < 1.29 is 13.3 Å². The molecule has 1 aromatic heterocycles. The molecule has 3 rings (SSSR count). The third-order valence-corrected chi connectivity index (χ3v) is 5.22. The Morgan fingerprint density at radius 3 is 2.87 bits per heavy atom. The van der Waals surface area contributed by atoms with Gasteiger partial charge in [0.2, 0.25) is 5.88 Å². The fourth-order valence-electron chi connectivity index (χ4n) is 2.31. The summed E-state index contributed by atoms with van der Waals surface area (Å²) in [5.74, 6) is -0.0217. The molecule has 0 radical (unpaired) electrons. The molecule has 1 fully saturated rings. The Morgan fingerprint density at radius 2 is 2.17 bits per heavy atom. The van der Waals surface area contributed by atoms with Crippen LogP contribution in [0.25, 0.3) is 11.3 Å². The second kappa shape index (κ2) is 8.04. The molecule has 3 nitrogen and oxygen atoms in total. The first-order valence-corrected chi connectivity index (χ1v) is 9.50. The summed E-state index contributed by atoms with van der Waals surface area (Å²) >= 11 is 3.11. The molecular formula is C17H18FNO2S2. The van der Waals surface area contributed by atoms with Crippen LogP contribution >= 0.6 is 23.8 Å². The lowest BCUT2D eigenvalue weighted by Gasteiger charge is -2.20. The van der Waals surface area contributed by atoms with E-state index in [-0.39, 0.29) is 11.1 Å². The van der Waals surface area contributed by atoms with Crippen molar-refractivity contribution in [1.82, 2.24) is 4.98 Å². The van der Waals surface area contributed by atoms with E-state index in [1.165, 1.54) is 24.2 Å². The van der Waals surface area contributed by atoms with Gasteiger partial charge in [0.05, 0.1) is 17.6 Å². The van der Waals surface area contributed by atoms with Crippen LogP contribution in [0.5, 0.6) is 5.88 Å². The van der Waals surface area contributed by atoms with Gasteiger partial charge in [-0.05, 0) is 43.3 Å². The molecule has 0 saturated carbocycles. The summed E-state index contributed by atoms with van der Waals surface area (Å²) in [5.41, 5.74) is 1.46.